The number of thiazole rings is 1. The summed E-state index contributed by atoms with van der Waals surface area (Å²) in [4.78, 5) is 8.00. The normalized spacial score (nSPS) is 10.5. The third-order valence-corrected chi connectivity index (χ3v) is 3.83. The van der Waals surface area contributed by atoms with Crippen LogP contribution < -0.4 is 5.73 Å². The number of halogens is 1. The maximum atomic E-state index is 5.70. The van der Waals surface area contributed by atoms with Gasteiger partial charge in [0.2, 0.25) is 0 Å². The average Bonchev–Trinajstić information content (AvgIpc) is 2.77. The van der Waals surface area contributed by atoms with E-state index in [-0.39, 0.29) is 12.4 Å². The van der Waals surface area contributed by atoms with Crippen molar-refractivity contribution in [1.82, 2.24) is 9.88 Å². The molecule has 3 nitrogen and oxygen atoms in total. The zero-order valence-electron chi connectivity index (χ0n) is 11.1. The molecule has 0 spiro atoms. The Hall–Kier alpha value is -0.940. The molecular weight excluding hydrogens is 278 g/mol. The predicted octanol–water partition coefficient (Wildman–Crippen LogP) is 2.83. The minimum Gasteiger partial charge on any atom is -0.329 e. The van der Waals surface area contributed by atoms with Gasteiger partial charge in [-0.1, -0.05) is 30.3 Å². The van der Waals surface area contributed by atoms with E-state index in [2.05, 4.69) is 41.1 Å². The molecule has 0 unspecified atom stereocenters. The molecule has 0 bridgehead atoms. The lowest BCUT2D eigenvalue weighted by Crippen LogP contribution is -2.28. The third kappa shape index (κ3) is 4.91. The molecule has 19 heavy (non-hydrogen) atoms. The number of hydrogen-bond donors (Lipinski definition) is 1. The van der Waals surface area contributed by atoms with Gasteiger partial charge in [0.15, 0.2) is 0 Å². The van der Waals surface area contributed by atoms with Gasteiger partial charge < -0.3 is 5.73 Å². The van der Waals surface area contributed by atoms with Crippen LogP contribution in [0.5, 0.6) is 0 Å². The Balaban J connectivity index is 0.00000180. The van der Waals surface area contributed by atoms with Gasteiger partial charge >= 0.3 is 0 Å². The van der Waals surface area contributed by atoms with Crippen LogP contribution in [0.4, 0.5) is 0 Å². The first-order chi connectivity index (χ1) is 8.79. The van der Waals surface area contributed by atoms with Crippen molar-refractivity contribution in [3.63, 3.8) is 0 Å². The molecule has 1 heterocycles. The van der Waals surface area contributed by atoms with Crippen molar-refractivity contribution < 1.29 is 0 Å². The number of hydrogen-bond acceptors (Lipinski definition) is 4. The number of nitrogens with zero attached hydrogens (tertiary/aromatic N) is 2. The molecule has 2 rings (SSSR count). The molecule has 0 atom stereocenters. The predicted molar refractivity (Wildman–Crippen MR) is 83.7 cm³/mol. The van der Waals surface area contributed by atoms with E-state index < -0.39 is 0 Å². The van der Waals surface area contributed by atoms with Gasteiger partial charge in [0.05, 0.1) is 11.2 Å². The molecule has 0 aliphatic carbocycles. The maximum Gasteiger partial charge on any atom is 0.0798 e. The summed E-state index contributed by atoms with van der Waals surface area (Å²) in [5.41, 5.74) is 10.1. The molecule has 0 saturated carbocycles. The van der Waals surface area contributed by atoms with Crippen molar-refractivity contribution in [2.24, 2.45) is 5.73 Å². The minimum atomic E-state index is 0. The van der Waals surface area contributed by atoms with Gasteiger partial charge in [-0.25, -0.2) is 4.98 Å². The molecule has 2 N–H and O–H groups in total. The van der Waals surface area contributed by atoms with E-state index in [4.69, 9.17) is 5.73 Å². The lowest BCUT2D eigenvalue weighted by Gasteiger charge is -2.21. The topological polar surface area (TPSA) is 42.2 Å². The Kier molecular flexibility index (Phi) is 7.02. The first-order valence-corrected chi connectivity index (χ1v) is 7.03. The van der Waals surface area contributed by atoms with Crippen LogP contribution in [0.15, 0.2) is 35.8 Å². The average molecular weight is 298 g/mol. The second kappa shape index (κ2) is 8.27. The highest BCUT2D eigenvalue weighted by Crippen LogP contribution is 2.16. The molecule has 1 aromatic carbocycles. The lowest BCUT2D eigenvalue weighted by molar-refractivity contribution is 0.266. The van der Waals surface area contributed by atoms with E-state index >= 15 is 0 Å². The molecular formula is C14H20ClN3S. The maximum absolute atomic E-state index is 5.70. The molecule has 1 aromatic heterocycles. The summed E-state index contributed by atoms with van der Waals surface area (Å²) in [7, 11) is 0. The van der Waals surface area contributed by atoms with Crippen LogP contribution in [0, 0.1) is 6.92 Å². The summed E-state index contributed by atoms with van der Waals surface area (Å²) in [5, 5.41) is 0. The molecule has 0 saturated heterocycles. The third-order valence-electron chi connectivity index (χ3n) is 2.91. The molecule has 0 aliphatic heterocycles. The van der Waals surface area contributed by atoms with Crippen molar-refractivity contribution in [1.29, 1.82) is 0 Å². The van der Waals surface area contributed by atoms with Crippen LogP contribution in [-0.4, -0.2) is 23.0 Å². The smallest absolute Gasteiger partial charge is 0.0798 e. The Morgan fingerprint density at radius 1 is 1.21 bits per heavy atom. The highest BCUT2D eigenvalue weighted by atomic mass is 35.5. The van der Waals surface area contributed by atoms with E-state index in [9.17, 15) is 0 Å². The fraction of sp³-hybridized carbons (Fsp3) is 0.357. The standard InChI is InChI=1S/C14H19N3S.ClH/c1-12-14(18-11-16-12)10-17(8-7-15)9-13-5-3-2-4-6-13;/h2-6,11H,7-10,15H2,1H3;1H. The van der Waals surface area contributed by atoms with E-state index in [0.717, 1.165) is 25.3 Å². The van der Waals surface area contributed by atoms with E-state index in [1.54, 1.807) is 11.3 Å². The van der Waals surface area contributed by atoms with Crippen LogP contribution in [0.3, 0.4) is 0 Å². The number of benzene rings is 1. The van der Waals surface area contributed by atoms with Gasteiger partial charge in [0.1, 0.15) is 0 Å². The zero-order valence-corrected chi connectivity index (χ0v) is 12.7. The Bertz CT molecular complexity index is 473. The summed E-state index contributed by atoms with van der Waals surface area (Å²) in [6.07, 6.45) is 0. The van der Waals surface area contributed by atoms with Crippen LogP contribution in [0.25, 0.3) is 0 Å². The van der Waals surface area contributed by atoms with Crippen molar-refractivity contribution >= 4 is 23.7 Å². The molecule has 104 valence electrons. The summed E-state index contributed by atoms with van der Waals surface area (Å²) in [6, 6.07) is 10.5. The fourth-order valence-electron chi connectivity index (χ4n) is 1.92. The molecule has 0 fully saturated rings. The monoisotopic (exact) mass is 297 g/mol. The SMILES string of the molecule is Cc1ncsc1CN(CCN)Cc1ccccc1.Cl. The second-order valence-corrected chi connectivity index (χ2v) is 5.29. The first kappa shape index (κ1) is 16.1. The molecule has 0 amide bonds. The van der Waals surface area contributed by atoms with Crippen molar-refractivity contribution in [2.45, 2.75) is 20.0 Å². The number of aryl methyl sites for hydroxylation is 1. The van der Waals surface area contributed by atoms with Crippen molar-refractivity contribution in [3.8, 4) is 0 Å². The number of aromatic nitrogens is 1. The van der Waals surface area contributed by atoms with Crippen molar-refractivity contribution in [2.75, 3.05) is 13.1 Å². The summed E-state index contributed by atoms with van der Waals surface area (Å²) >= 11 is 1.72. The first-order valence-electron chi connectivity index (χ1n) is 6.15. The quantitative estimate of drug-likeness (QED) is 0.891. The van der Waals surface area contributed by atoms with Crippen LogP contribution in [0.2, 0.25) is 0 Å². The number of rotatable bonds is 6. The molecule has 0 radical (unpaired) electrons. The highest BCUT2D eigenvalue weighted by Gasteiger charge is 2.09. The van der Waals surface area contributed by atoms with Crippen LogP contribution in [-0.2, 0) is 13.1 Å². The van der Waals surface area contributed by atoms with Gasteiger partial charge in [-0.15, -0.1) is 23.7 Å². The number of nitrogens with two attached hydrogens (primary N) is 1. The summed E-state index contributed by atoms with van der Waals surface area (Å²) in [6.45, 7) is 5.53. The Labute approximate surface area is 124 Å². The zero-order chi connectivity index (χ0) is 12.8. The van der Waals surface area contributed by atoms with Crippen LogP contribution in [0.1, 0.15) is 16.1 Å². The second-order valence-electron chi connectivity index (χ2n) is 4.35. The van der Waals surface area contributed by atoms with E-state index in [0.29, 0.717) is 6.54 Å². The molecule has 2 aromatic rings. The highest BCUT2D eigenvalue weighted by molar-refractivity contribution is 7.09. The van der Waals surface area contributed by atoms with Gasteiger partial charge in [-0.2, -0.15) is 0 Å². The molecule has 5 heteroatoms. The van der Waals surface area contributed by atoms with Crippen LogP contribution >= 0.6 is 23.7 Å². The minimum absolute atomic E-state index is 0. The summed E-state index contributed by atoms with van der Waals surface area (Å²) < 4.78 is 0. The van der Waals surface area contributed by atoms with Gasteiger partial charge in [-0.3, -0.25) is 4.90 Å². The summed E-state index contributed by atoms with van der Waals surface area (Å²) in [5.74, 6) is 0. The molecule has 0 aliphatic rings. The van der Waals surface area contributed by atoms with Gasteiger partial charge in [-0.05, 0) is 12.5 Å². The van der Waals surface area contributed by atoms with Crippen molar-refractivity contribution in [3.05, 3.63) is 52.0 Å². The Morgan fingerprint density at radius 3 is 2.53 bits per heavy atom. The largest absolute Gasteiger partial charge is 0.329 e. The van der Waals surface area contributed by atoms with Gasteiger partial charge in [0, 0.05) is 31.1 Å². The van der Waals surface area contributed by atoms with Gasteiger partial charge in [0.25, 0.3) is 0 Å². The lowest BCUT2D eigenvalue weighted by atomic mass is 10.2. The fourth-order valence-corrected chi connectivity index (χ4v) is 2.74. The van der Waals surface area contributed by atoms with E-state index in [1.807, 2.05) is 11.6 Å². The van der Waals surface area contributed by atoms with E-state index in [1.165, 1.54) is 10.4 Å². The Morgan fingerprint density at radius 2 is 1.95 bits per heavy atom.